The lowest BCUT2D eigenvalue weighted by atomic mass is 10.2. The molecule has 2 aromatic carbocycles. The number of pyridine rings is 1. The molecule has 0 saturated carbocycles. The normalized spacial score (nSPS) is 10.2. The van der Waals surface area contributed by atoms with Gasteiger partial charge in [0.2, 0.25) is 0 Å². The number of amides is 1. The van der Waals surface area contributed by atoms with Crippen molar-refractivity contribution in [3.8, 4) is 5.75 Å². The molecule has 0 fully saturated rings. The standard InChI is InChI=1S/C19H16FN3O2/c1-25-18-5-3-2-4-17(18)23-19(24)13-10-16(12-21-11-13)22-15-8-6-14(20)7-9-15/h2-12,22H,1H3,(H,23,24). The molecule has 0 unspecified atom stereocenters. The lowest BCUT2D eigenvalue weighted by Gasteiger charge is -2.11. The number of aromatic nitrogens is 1. The van der Waals surface area contributed by atoms with Gasteiger partial charge in [0, 0.05) is 11.9 Å². The molecule has 3 rings (SSSR count). The Morgan fingerprint density at radius 3 is 2.56 bits per heavy atom. The van der Waals surface area contributed by atoms with Crippen LogP contribution in [0, 0.1) is 5.82 Å². The summed E-state index contributed by atoms with van der Waals surface area (Å²) in [6, 6.07) is 14.7. The fraction of sp³-hybridized carbons (Fsp3) is 0.0526. The molecule has 0 aliphatic carbocycles. The zero-order chi connectivity index (χ0) is 17.6. The second kappa shape index (κ2) is 7.44. The molecular formula is C19H16FN3O2. The first-order valence-corrected chi connectivity index (χ1v) is 7.58. The van der Waals surface area contributed by atoms with Crippen LogP contribution in [0.1, 0.15) is 10.4 Å². The van der Waals surface area contributed by atoms with Gasteiger partial charge in [-0.05, 0) is 42.5 Å². The van der Waals surface area contributed by atoms with Crippen molar-refractivity contribution < 1.29 is 13.9 Å². The van der Waals surface area contributed by atoms with E-state index in [1.807, 2.05) is 12.1 Å². The second-order valence-electron chi connectivity index (χ2n) is 5.25. The lowest BCUT2D eigenvalue weighted by molar-refractivity contribution is 0.102. The SMILES string of the molecule is COc1ccccc1NC(=O)c1cncc(Nc2ccc(F)cc2)c1. The number of carbonyl (C=O) groups excluding carboxylic acids is 1. The molecule has 0 atom stereocenters. The number of nitrogens with one attached hydrogen (secondary N) is 2. The van der Waals surface area contributed by atoms with Crippen LogP contribution in [0.3, 0.4) is 0 Å². The number of para-hydroxylation sites is 2. The van der Waals surface area contributed by atoms with Crippen molar-refractivity contribution in [2.45, 2.75) is 0 Å². The third-order valence-corrected chi connectivity index (χ3v) is 3.49. The molecule has 1 amide bonds. The predicted octanol–water partition coefficient (Wildman–Crippen LogP) is 4.23. The van der Waals surface area contributed by atoms with Crippen molar-refractivity contribution in [1.29, 1.82) is 0 Å². The van der Waals surface area contributed by atoms with E-state index in [-0.39, 0.29) is 11.7 Å². The van der Waals surface area contributed by atoms with E-state index in [1.165, 1.54) is 18.3 Å². The van der Waals surface area contributed by atoms with Crippen molar-refractivity contribution >= 4 is 23.0 Å². The van der Waals surface area contributed by atoms with Gasteiger partial charge in [0.15, 0.2) is 0 Å². The number of halogens is 1. The van der Waals surface area contributed by atoms with Crippen molar-refractivity contribution in [2.75, 3.05) is 17.7 Å². The minimum absolute atomic E-state index is 0.306. The van der Waals surface area contributed by atoms with Gasteiger partial charge in [0.25, 0.3) is 5.91 Å². The quantitative estimate of drug-likeness (QED) is 0.731. The molecule has 5 nitrogen and oxygen atoms in total. The number of carbonyl (C=O) groups is 1. The molecular weight excluding hydrogens is 321 g/mol. The van der Waals surface area contributed by atoms with Gasteiger partial charge in [-0.1, -0.05) is 12.1 Å². The van der Waals surface area contributed by atoms with Crippen molar-refractivity contribution in [2.24, 2.45) is 0 Å². The minimum atomic E-state index is -0.311. The van der Waals surface area contributed by atoms with Gasteiger partial charge >= 0.3 is 0 Å². The number of nitrogens with zero attached hydrogens (tertiary/aromatic N) is 1. The van der Waals surface area contributed by atoms with E-state index in [0.29, 0.717) is 28.4 Å². The monoisotopic (exact) mass is 337 g/mol. The van der Waals surface area contributed by atoms with Gasteiger partial charge in [-0.3, -0.25) is 9.78 Å². The maximum atomic E-state index is 13.0. The molecule has 6 heteroatoms. The first-order chi connectivity index (χ1) is 12.2. The Balaban J connectivity index is 1.76. The van der Waals surface area contributed by atoms with Gasteiger partial charge in [0.05, 0.1) is 30.2 Å². The largest absolute Gasteiger partial charge is 0.495 e. The summed E-state index contributed by atoms with van der Waals surface area (Å²) in [6.07, 6.45) is 3.06. The predicted molar refractivity (Wildman–Crippen MR) is 94.9 cm³/mol. The Bertz CT molecular complexity index is 882. The molecule has 2 N–H and O–H groups in total. The van der Waals surface area contributed by atoms with Crippen LogP contribution in [0.2, 0.25) is 0 Å². The molecule has 0 saturated heterocycles. The van der Waals surface area contributed by atoms with Crippen LogP contribution in [0.4, 0.5) is 21.5 Å². The Labute approximate surface area is 144 Å². The van der Waals surface area contributed by atoms with Crippen LogP contribution in [0.15, 0.2) is 67.0 Å². The van der Waals surface area contributed by atoms with E-state index in [1.54, 1.807) is 43.6 Å². The Hall–Kier alpha value is -3.41. The molecule has 0 radical (unpaired) electrons. The fourth-order valence-corrected chi connectivity index (χ4v) is 2.27. The number of anilines is 3. The number of hydrogen-bond acceptors (Lipinski definition) is 4. The molecule has 1 aromatic heterocycles. The zero-order valence-corrected chi connectivity index (χ0v) is 13.5. The second-order valence-corrected chi connectivity index (χ2v) is 5.25. The molecule has 0 aliphatic rings. The zero-order valence-electron chi connectivity index (χ0n) is 13.5. The summed E-state index contributed by atoms with van der Waals surface area (Å²) in [5.74, 6) is -0.0437. The summed E-state index contributed by atoms with van der Waals surface area (Å²) < 4.78 is 18.2. The minimum Gasteiger partial charge on any atom is -0.495 e. The number of hydrogen-bond donors (Lipinski definition) is 2. The van der Waals surface area contributed by atoms with Gasteiger partial charge in [-0.25, -0.2) is 4.39 Å². The smallest absolute Gasteiger partial charge is 0.257 e. The number of rotatable bonds is 5. The highest BCUT2D eigenvalue weighted by molar-refractivity contribution is 6.05. The Morgan fingerprint density at radius 1 is 1.04 bits per heavy atom. The van der Waals surface area contributed by atoms with Crippen LogP contribution in [-0.4, -0.2) is 18.0 Å². The van der Waals surface area contributed by atoms with E-state index in [0.717, 1.165) is 0 Å². The fourth-order valence-electron chi connectivity index (χ4n) is 2.27. The van der Waals surface area contributed by atoms with Crippen LogP contribution >= 0.6 is 0 Å². The van der Waals surface area contributed by atoms with Crippen LogP contribution in [-0.2, 0) is 0 Å². The van der Waals surface area contributed by atoms with Gasteiger partial charge in [0.1, 0.15) is 11.6 Å². The lowest BCUT2D eigenvalue weighted by Crippen LogP contribution is -2.13. The first-order valence-electron chi connectivity index (χ1n) is 7.58. The van der Waals surface area contributed by atoms with Crippen LogP contribution in [0.25, 0.3) is 0 Å². The van der Waals surface area contributed by atoms with Crippen LogP contribution in [0.5, 0.6) is 5.75 Å². The highest BCUT2D eigenvalue weighted by Gasteiger charge is 2.10. The molecule has 1 heterocycles. The number of benzene rings is 2. The molecule has 0 aliphatic heterocycles. The summed E-state index contributed by atoms with van der Waals surface area (Å²) >= 11 is 0. The van der Waals surface area contributed by atoms with E-state index in [4.69, 9.17) is 4.74 Å². The maximum Gasteiger partial charge on any atom is 0.257 e. The molecule has 0 bridgehead atoms. The number of methoxy groups -OCH3 is 1. The maximum absolute atomic E-state index is 13.0. The third-order valence-electron chi connectivity index (χ3n) is 3.49. The van der Waals surface area contributed by atoms with Crippen LogP contribution < -0.4 is 15.4 Å². The average molecular weight is 337 g/mol. The Kier molecular flexibility index (Phi) is 4.89. The van der Waals surface area contributed by atoms with E-state index in [2.05, 4.69) is 15.6 Å². The first kappa shape index (κ1) is 16.4. The molecule has 3 aromatic rings. The van der Waals surface area contributed by atoms with Gasteiger partial charge in [-0.15, -0.1) is 0 Å². The highest BCUT2D eigenvalue weighted by atomic mass is 19.1. The summed E-state index contributed by atoms with van der Waals surface area (Å²) in [6.45, 7) is 0. The van der Waals surface area contributed by atoms with E-state index in [9.17, 15) is 9.18 Å². The number of ether oxygens (including phenoxy) is 1. The summed E-state index contributed by atoms with van der Waals surface area (Å²) in [4.78, 5) is 16.5. The molecule has 0 spiro atoms. The summed E-state index contributed by atoms with van der Waals surface area (Å²) in [7, 11) is 1.54. The van der Waals surface area contributed by atoms with Gasteiger partial charge in [-0.2, -0.15) is 0 Å². The average Bonchev–Trinajstić information content (AvgIpc) is 2.64. The summed E-state index contributed by atoms with van der Waals surface area (Å²) in [5, 5.41) is 5.87. The van der Waals surface area contributed by atoms with Crippen molar-refractivity contribution in [1.82, 2.24) is 4.98 Å². The highest BCUT2D eigenvalue weighted by Crippen LogP contribution is 2.24. The van der Waals surface area contributed by atoms with E-state index < -0.39 is 0 Å². The van der Waals surface area contributed by atoms with E-state index >= 15 is 0 Å². The van der Waals surface area contributed by atoms with Crippen molar-refractivity contribution in [3.05, 3.63) is 78.4 Å². The van der Waals surface area contributed by atoms with Crippen molar-refractivity contribution in [3.63, 3.8) is 0 Å². The van der Waals surface area contributed by atoms with Gasteiger partial charge < -0.3 is 15.4 Å². The molecule has 25 heavy (non-hydrogen) atoms. The third kappa shape index (κ3) is 4.11. The molecule has 126 valence electrons. The topological polar surface area (TPSA) is 63.2 Å². The summed E-state index contributed by atoms with van der Waals surface area (Å²) in [5.41, 5.74) is 2.29. The Morgan fingerprint density at radius 2 is 1.80 bits per heavy atom.